The SMILES string of the molecule is CCN(CC)Cc1nc(C(=O)O)c2ccccn12. The zero-order valence-electron chi connectivity index (χ0n) is 10.6. The van der Waals surface area contributed by atoms with E-state index in [0.29, 0.717) is 12.1 Å². The van der Waals surface area contributed by atoms with E-state index in [1.54, 1.807) is 6.07 Å². The molecule has 0 saturated carbocycles. The van der Waals surface area contributed by atoms with Crippen molar-refractivity contribution in [2.75, 3.05) is 13.1 Å². The average Bonchev–Trinajstić information content (AvgIpc) is 2.75. The van der Waals surface area contributed by atoms with Gasteiger partial charge >= 0.3 is 5.97 Å². The average molecular weight is 247 g/mol. The number of rotatable bonds is 5. The largest absolute Gasteiger partial charge is 0.476 e. The highest BCUT2D eigenvalue weighted by molar-refractivity contribution is 5.93. The molecule has 0 aliphatic rings. The van der Waals surface area contributed by atoms with Gasteiger partial charge in [-0.15, -0.1) is 0 Å². The van der Waals surface area contributed by atoms with Crippen LogP contribution in [0, 0.1) is 0 Å². The van der Waals surface area contributed by atoms with Crippen molar-refractivity contribution >= 4 is 11.5 Å². The van der Waals surface area contributed by atoms with Gasteiger partial charge in [-0.2, -0.15) is 0 Å². The van der Waals surface area contributed by atoms with Crippen molar-refractivity contribution in [3.05, 3.63) is 35.9 Å². The normalized spacial score (nSPS) is 11.3. The molecule has 5 heteroatoms. The van der Waals surface area contributed by atoms with Crippen molar-refractivity contribution in [3.8, 4) is 0 Å². The van der Waals surface area contributed by atoms with E-state index in [2.05, 4.69) is 23.7 Å². The molecule has 1 N–H and O–H groups in total. The van der Waals surface area contributed by atoms with E-state index >= 15 is 0 Å². The van der Waals surface area contributed by atoms with Crippen molar-refractivity contribution < 1.29 is 9.90 Å². The Kier molecular flexibility index (Phi) is 3.62. The fourth-order valence-electron chi connectivity index (χ4n) is 2.02. The number of aromatic nitrogens is 2. The van der Waals surface area contributed by atoms with E-state index in [9.17, 15) is 4.79 Å². The number of fused-ring (bicyclic) bond motifs is 1. The molecule has 0 unspecified atom stereocenters. The third kappa shape index (κ3) is 2.22. The van der Waals surface area contributed by atoms with Crippen molar-refractivity contribution in [2.45, 2.75) is 20.4 Å². The standard InChI is InChI=1S/C13H17N3O2/c1-3-15(4-2)9-11-14-12(13(17)18)10-7-5-6-8-16(10)11/h5-8H,3-4,9H2,1-2H3,(H,17,18). The highest BCUT2D eigenvalue weighted by Crippen LogP contribution is 2.14. The Labute approximate surface area is 106 Å². The summed E-state index contributed by atoms with van der Waals surface area (Å²) >= 11 is 0. The molecule has 5 nitrogen and oxygen atoms in total. The first-order valence-electron chi connectivity index (χ1n) is 6.09. The Morgan fingerprint density at radius 3 is 2.72 bits per heavy atom. The lowest BCUT2D eigenvalue weighted by molar-refractivity contribution is 0.0693. The van der Waals surface area contributed by atoms with Crippen LogP contribution in [0.3, 0.4) is 0 Å². The molecule has 0 fully saturated rings. The van der Waals surface area contributed by atoms with Gasteiger partial charge in [0.15, 0.2) is 5.69 Å². The maximum atomic E-state index is 11.2. The molecular formula is C13H17N3O2. The number of pyridine rings is 1. The van der Waals surface area contributed by atoms with Crippen molar-refractivity contribution in [1.29, 1.82) is 0 Å². The topological polar surface area (TPSA) is 57.8 Å². The van der Waals surface area contributed by atoms with E-state index in [0.717, 1.165) is 18.9 Å². The molecule has 0 radical (unpaired) electrons. The predicted molar refractivity (Wildman–Crippen MR) is 68.8 cm³/mol. The Hall–Kier alpha value is -1.88. The number of carboxylic acids is 1. The van der Waals surface area contributed by atoms with Crippen LogP contribution in [0.2, 0.25) is 0 Å². The first-order valence-corrected chi connectivity index (χ1v) is 6.09. The van der Waals surface area contributed by atoms with Crippen molar-refractivity contribution in [2.24, 2.45) is 0 Å². The number of nitrogens with zero attached hydrogens (tertiary/aromatic N) is 3. The lowest BCUT2D eigenvalue weighted by Gasteiger charge is -2.16. The van der Waals surface area contributed by atoms with Crippen LogP contribution in [-0.2, 0) is 6.54 Å². The summed E-state index contributed by atoms with van der Waals surface area (Å²) in [6, 6.07) is 5.48. The van der Waals surface area contributed by atoms with Crippen LogP contribution >= 0.6 is 0 Å². The molecule has 2 rings (SSSR count). The lowest BCUT2D eigenvalue weighted by Crippen LogP contribution is -2.23. The molecule has 0 amide bonds. The second-order valence-electron chi connectivity index (χ2n) is 4.10. The predicted octanol–water partition coefficient (Wildman–Crippen LogP) is 1.87. The summed E-state index contributed by atoms with van der Waals surface area (Å²) in [4.78, 5) is 17.6. The second kappa shape index (κ2) is 5.18. The number of carboxylic acid groups (broad SMARTS) is 1. The van der Waals surface area contributed by atoms with Crippen molar-refractivity contribution in [1.82, 2.24) is 14.3 Å². The van der Waals surface area contributed by atoms with Crippen molar-refractivity contribution in [3.63, 3.8) is 0 Å². The van der Waals surface area contributed by atoms with Gasteiger partial charge in [0.25, 0.3) is 0 Å². The number of aromatic carboxylic acids is 1. The summed E-state index contributed by atoms with van der Waals surface area (Å²) in [7, 11) is 0. The van der Waals surface area contributed by atoms with E-state index in [1.165, 1.54) is 0 Å². The third-order valence-electron chi connectivity index (χ3n) is 3.08. The monoisotopic (exact) mass is 247 g/mol. The summed E-state index contributed by atoms with van der Waals surface area (Å²) < 4.78 is 1.85. The van der Waals surface area contributed by atoms with E-state index in [-0.39, 0.29) is 5.69 Å². The number of carbonyl (C=O) groups is 1. The molecule has 0 bridgehead atoms. The summed E-state index contributed by atoms with van der Waals surface area (Å²) in [6.45, 7) is 6.65. The maximum absolute atomic E-state index is 11.2. The molecule has 96 valence electrons. The van der Waals surface area contributed by atoms with E-state index < -0.39 is 5.97 Å². The Morgan fingerprint density at radius 1 is 1.39 bits per heavy atom. The van der Waals surface area contributed by atoms with Crippen LogP contribution < -0.4 is 0 Å². The van der Waals surface area contributed by atoms with Gasteiger partial charge < -0.3 is 9.51 Å². The van der Waals surface area contributed by atoms with Gasteiger partial charge in [-0.25, -0.2) is 9.78 Å². The number of imidazole rings is 1. The van der Waals surface area contributed by atoms with Crippen LogP contribution in [0.5, 0.6) is 0 Å². The zero-order chi connectivity index (χ0) is 13.1. The molecule has 2 aromatic rings. The molecule has 0 aliphatic heterocycles. The summed E-state index contributed by atoms with van der Waals surface area (Å²) in [5.74, 6) is -0.212. The van der Waals surface area contributed by atoms with E-state index in [1.807, 2.05) is 22.7 Å². The van der Waals surface area contributed by atoms with Crippen LogP contribution in [0.15, 0.2) is 24.4 Å². The van der Waals surface area contributed by atoms with Gasteiger partial charge in [0.2, 0.25) is 0 Å². The fraction of sp³-hybridized carbons (Fsp3) is 0.385. The molecule has 0 spiro atoms. The third-order valence-corrected chi connectivity index (χ3v) is 3.08. The van der Waals surface area contributed by atoms with Crippen LogP contribution in [0.25, 0.3) is 5.52 Å². The van der Waals surface area contributed by atoms with E-state index in [4.69, 9.17) is 5.11 Å². The van der Waals surface area contributed by atoms with Gasteiger partial charge in [0, 0.05) is 6.20 Å². The maximum Gasteiger partial charge on any atom is 0.356 e. The molecule has 2 heterocycles. The quantitative estimate of drug-likeness (QED) is 0.876. The van der Waals surface area contributed by atoms with Gasteiger partial charge in [-0.05, 0) is 25.2 Å². The fourth-order valence-corrected chi connectivity index (χ4v) is 2.02. The molecule has 0 aromatic carbocycles. The summed E-state index contributed by atoms with van der Waals surface area (Å²) in [5.41, 5.74) is 0.768. The number of hydrogen-bond acceptors (Lipinski definition) is 3. The minimum atomic E-state index is -0.982. The minimum Gasteiger partial charge on any atom is -0.476 e. The Balaban J connectivity index is 2.47. The molecule has 0 aliphatic carbocycles. The molecule has 2 aromatic heterocycles. The summed E-state index contributed by atoms with van der Waals surface area (Å²) in [5, 5.41) is 9.16. The highest BCUT2D eigenvalue weighted by atomic mass is 16.4. The Morgan fingerprint density at radius 2 is 2.11 bits per heavy atom. The zero-order valence-corrected chi connectivity index (χ0v) is 10.6. The van der Waals surface area contributed by atoms with Gasteiger partial charge in [0.1, 0.15) is 5.82 Å². The first-order chi connectivity index (χ1) is 8.67. The van der Waals surface area contributed by atoms with Crippen LogP contribution in [-0.4, -0.2) is 38.4 Å². The van der Waals surface area contributed by atoms with Crippen LogP contribution in [0.1, 0.15) is 30.2 Å². The smallest absolute Gasteiger partial charge is 0.356 e. The Bertz CT molecular complexity index is 558. The van der Waals surface area contributed by atoms with Gasteiger partial charge in [0.05, 0.1) is 12.1 Å². The first kappa shape index (κ1) is 12.6. The van der Waals surface area contributed by atoms with Gasteiger partial charge in [-0.3, -0.25) is 4.90 Å². The minimum absolute atomic E-state index is 0.123. The van der Waals surface area contributed by atoms with Crippen LogP contribution in [0.4, 0.5) is 0 Å². The highest BCUT2D eigenvalue weighted by Gasteiger charge is 2.17. The number of hydrogen-bond donors (Lipinski definition) is 1. The summed E-state index contributed by atoms with van der Waals surface area (Å²) in [6.07, 6.45) is 1.85. The molecule has 0 atom stereocenters. The second-order valence-corrected chi connectivity index (χ2v) is 4.10. The molecular weight excluding hydrogens is 230 g/mol. The molecule has 0 saturated heterocycles. The van der Waals surface area contributed by atoms with Gasteiger partial charge in [-0.1, -0.05) is 19.9 Å². The lowest BCUT2D eigenvalue weighted by atomic mass is 10.3. The molecule has 18 heavy (non-hydrogen) atoms.